The molecule has 0 aliphatic rings. The van der Waals surface area contributed by atoms with Crippen LogP contribution in [0.4, 0.5) is 11.4 Å². The zero-order valence-corrected chi connectivity index (χ0v) is 17.1. The normalized spacial score (nSPS) is 11.1. The molecular formula is C20H16Cl2N2O3S. The molecule has 0 saturated heterocycles. The molecule has 5 nitrogen and oxygen atoms in total. The molecule has 0 unspecified atom stereocenters. The average molecular weight is 435 g/mol. The molecule has 0 saturated carbocycles. The van der Waals surface area contributed by atoms with Crippen LogP contribution in [0, 0.1) is 0 Å². The first-order valence-corrected chi connectivity index (χ1v) is 10.4. The summed E-state index contributed by atoms with van der Waals surface area (Å²) in [5.41, 5.74) is 1.39. The average Bonchev–Trinajstić information content (AvgIpc) is 2.68. The predicted octanol–water partition coefficient (Wildman–Crippen LogP) is 5.07. The molecule has 0 atom stereocenters. The maximum Gasteiger partial charge on any atom is 0.264 e. The molecular weight excluding hydrogens is 419 g/mol. The highest BCUT2D eigenvalue weighted by atomic mass is 35.5. The highest BCUT2D eigenvalue weighted by Gasteiger charge is 2.21. The van der Waals surface area contributed by atoms with Crippen LogP contribution in [0.15, 0.2) is 77.7 Å². The van der Waals surface area contributed by atoms with E-state index >= 15 is 0 Å². The molecule has 0 radical (unpaired) electrons. The molecule has 0 aliphatic heterocycles. The third-order valence-corrected chi connectivity index (χ3v) is 6.33. The van der Waals surface area contributed by atoms with E-state index in [9.17, 15) is 13.2 Å². The summed E-state index contributed by atoms with van der Waals surface area (Å²) in [5.74, 6) is -0.322. The molecule has 0 aromatic heterocycles. The Morgan fingerprint density at radius 2 is 1.54 bits per heavy atom. The van der Waals surface area contributed by atoms with Gasteiger partial charge in [0.05, 0.1) is 10.6 Å². The van der Waals surface area contributed by atoms with Gasteiger partial charge in [0, 0.05) is 28.3 Å². The lowest BCUT2D eigenvalue weighted by Gasteiger charge is -2.19. The number of carbonyl (C=O) groups excluding carboxylic acids is 1. The molecule has 0 spiro atoms. The van der Waals surface area contributed by atoms with Crippen LogP contribution < -0.4 is 9.62 Å². The Hall–Kier alpha value is -2.54. The lowest BCUT2D eigenvalue weighted by Crippen LogP contribution is -2.26. The lowest BCUT2D eigenvalue weighted by atomic mass is 10.2. The number of hydrogen-bond donors (Lipinski definition) is 1. The van der Waals surface area contributed by atoms with Gasteiger partial charge < -0.3 is 5.32 Å². The molecule has 1 amide bonds. The van der Waals surface area contributed by atoms with E-state index in [-0.39, 0.29) is 10.8 Å². The van der Waals surface area contributed by atoms with Crippen LogP contribution in [0.25, 0.3) is 0 Å². The van der Waals surface area contributed by atoms with Crippen LogP contribution in [-0.2, 0) is 10.0 Å². The Labute approximate surface area is 173 Å². The van der Waals surface area contributed by atoms with Crippen molar-refractivity contribution in [2.45, 2.75) is 4.90 Å². The van der Waals surface area contributed by atoms with Crippen molar-refractivity contribution in [2.24, 2.45) is 0 Å². The SMILES string of the molecule is CN(c1ccc(C(=O)Nc2cccc(Cl)c2)cc1)S(=O)(=O)c1ccc(Cl)cc1. The van der Waals surface area contributed by atoms with Gasteiger partial charge in [0.1, 0.15) is 0 Å². The van der Waals surface area contributed by atoms with Gasteiger partial charge in [-0.1, -0.05) is 29.3 Å². The molecule has 8 heteroatoms. The van der Waals surface area contributed by atoms with E-state index in [1.807, 2.05) is 0 Å². The van der Waals surface area contributed by atoms with Gasteiger partial charge in [0.25, 0.3) is 15.9 Å². The van der Waals surface area contributed by atoms with Crippen molar-refractivity contribution in [3.63, 3.8) is 0 Å². The van der Waals surface area contributed by atoms with Crippen molar-refractivity contribution >= 4 is 50.5 Å². The minimum atomic E-state index is -3.74. The van der Waals surface area contributed by atoms with Crippen LogP contribution in [0.3, 0.4) is 0 Å². The molecule has 144 valence electrons. The number of rotatable bonds is 5. The molecule has 3 aromatic rings. The van der Waals surface area contributed by atoms with E-state index in [1.54, 1.807) is 48.5 Å². The summed E-state index contributed by atoms with van der Waals surface area (Å²) in [6, 6.07) is 19.0. The maximum absolute atomic E-state index is 12.7. The van der Waals surface area contributed by atoms with Crippen molar-refractivity contribution in [1.29, 1.82) is 0 Å². The summed E-state index contributed by atoms with van der Waals surface area (Å²) in [6.45, 7) is 0. The first kappa shape index (κ1) is 20.2. The number of nitrogens with zero attached hydrogens (tertiary/aromatic N) is 1. The fourth-order valence-corrected chi connectivity index (χ4v) is 4.01. The van der Waals surface area contributed by atoms with Gasteiger partial charge in [0.2, 0.25) is 0 Å². The van der Waals surface area contributed by atoms with E-state index in [4.69, 9.17) is 23.2 Å². The topological polar surface area (TPSA) is 66.5 Å². The minimum Gasteiger partial charge on any atom is -0.322 e. The van der Waals surface area contributed by atoms with Gasteiger partial charge in [-0.05, 0) is 66.7 Å². The van der Waals surface area contributed by atoms with Crippen LogP contribution in [0.5, 0.6) is 0 Å². The standard InChI is InChI=1S/C20H16Cl2N2O3S/c1-24(28(26,27)19-11-7-15(21)8-12-19)18-9-5-14(6-10-18)20(25)23-17-4-2-3-16(22)13-17/h2-13H,1H3,(H,23,25). The van der Waals surface area contributed by atoms with Gasteiger partial charge in [0.15, 0.2) is 0 Å². The summed E-state index contributed by atoms with van der Waals surface area (Å²) in [4.78, 5) is 12.5. The molecule has 3 aromatic carbocycles. The zero-order valence-electron chi connectivity index (χ0n) is 14.8. The van der Waals surface area contributed by atoms with Crippen molar-refractivity contribution in [3.05, 3.63) is 88.4 Å². The lowest BCUT2D eigenvalue weighted by molar-refractivity contribution is 0.102. The molecule has 0 fully saturated rings. The Balaban J connectivity index is 1.77. The predicted molar refractivity (Wildman–Crippen MR) is 113 cm³/mol. The van der Waals surface area contributed by atoms with Crippen molar-refractivity contribution in [3.8, 4) is 0 Å². The number of amides is 1. The van der Waals surface area contributed by atoms with Crippen LogP contribution in [-0.4, -0.2) is 21.4 Å². The Morgan fingerprint density at radius 1 is 0.893 bits per heavy atom. The van der Waals surface area contributed by atoms with Crippen molar-refractivity contribution in [1.82, 2.24) is 0 Å². The van der Waals surface area contributed by atoms with Crippen molar-refractivity contribution in [2.75, 3.05) is 16.7 Å². The third kappa shape index (κ3) is 4.47. The Bertz CT molecular complexity index is 1100. The Morgan fingerprint density at radius 3 is 2.14 bits per heavy atom. The van der Waals surface area contributed by atoms with Gasteiger partial charge in [-0.15, -0.1) is 0 Å². The van der Waals surface area contributed by atoms with E-state index < -0.39 is 10.0 Å². The monoisotopic (exact) mass is 434 g/mol. The number of benzene rings is 3. The number of sulfonamides is 1. The highest BCUT2D eigenvalue weighted by molar-refractivity contribution is 7.92. The second-order valence-corrected chi connectivity index (χ2v) is 8.78. The fourth-order valence-electron chi connectivity index (χ4n) is 2.50. The fraction of sp³-hybridized carbons (Fsp3) is 0.0500. The number of nitrogens with one attached hydrogen (secondary N) is 1. The van der Waals surface area contributed by atoms with Gasteiger partial charge in [-0.2, -0.15) is 0 Å². The number of carbonyl (C=O) groups is 1. The second kappa shape index (κ2) is 8.22. The van der Waals surface area contributed by atoms with Crippen LogP contribution >= 0.6 is 23.2 Å². The van der Waals surface area contributed by atoms with Gasteiger partial charge in [-0.3, -0.25) is 9.10 Å². The van der Waals surface area contributed by atoms with E-state index in [1.165, 1.54) is 31.3 Å². The summed E-state index contributed by atoms with van der Waals surface area (Å²) >= 11 is 11.7. The molecule has 0 aliphatic carbocycles. The number of hydrogen-bond acceptors (Lipinski definition) is 3. The minimum absolute atomic E-state index is 0.127. The molecule has 3 rings (SSSR count). The zero-order chi connectivity index (χ0) is 20.3. The molecule has 0 bridgehead atoms. The Kier molecular flexibility index (Phi) is 5.93. The molecule has 28 heavy (non-hydrogen) atoms. The summed E-state index contributed by atoms with van der Waals surface area (Å²) in [5, 5.41) is 3.71. The van der Waals surface area contributed by atoms with Gasteiger partial charge >= 0.3 is 0 Å². The van der Waals surface area contributed by atoms with E-state index in [2.05, 4.69) is 5.32 Å². The number of halogens is 2. The van der Waals surface area contributed by atoms with E-state index in [0.717, 1.165) is 4.31 Å². The smallest absolute Gasteiger partial charge is 0.264 e. The maximum atomic E-state index is 12.7. The van der Waals surface area contributed by atoms with Crippen molar-refractivity contribution < 1.29 is 13.2 Å². The number of anilines is 2. The van der Waals surface area contributed by atoms with Crippen LogP contribution in [0.1, 0.15) is 10.4 Å². The molecule has 1 N–H and O–H groups in total. The van der Waals surface area contributed by atoms with Gasteiger partial charge in [-0.25, -0.2) is 8.42 Å². The summed E-state index contributed by atoms with van der Waals surface area (Å²) < 4.78 is 26.6. The first-order chi connectivity index (χ1) is 13.3. The van der Waals surface area contributed by atoms with E-state index in [0.29, 0.717) is 27.0 Å². The summed E-state index contributed by atoms with van der Waals surface area (Å²) in [7, 11) is -2.29. The largest absolute Gasteiger partial charge is 0.322 e. The molecule has 0 heterocycles. The second-order valence-electron chi connectivity index (χ2n) is 5.94. The third-order valence-electron chi connectivity index (χ3n) is 4.05. The quantitative estimate of drug-likeness (QED) is 0.609. The van der Waals surface area contributed by atoms with Crippen LogP contribution in [0.2, 0.25) is 10.0 Å². The first-order valence-electron chi connectivity index (χ1n) is 8.19. The highest BCUT2D eigenvalue weighted by Crippen LogP contribution is 2.24. The summed E-state index contributed by atoms with van der Waals surface area (Å²) in [6.07, 6.45) is 0.